The van der Waals surface area contributed by atoms with Gasteiger partial charge in [0.25, 0.3) is 0 Å². The van der Waals surface area contributed by atoms with Gasteiger partial charge in [0.15, 0.2) is 0 Å². The van der Waals surface area contributed by atoms with E-state index < -0.39 is 11.7 Å². The van der Waals surface area contributed by atoms with Crippen LogP contribution in [0.3, 0.4) is 0 Å². The number of alkyl halides is 3. The molecule has 6 nitrogen and oxygen atoms in total. The van der Waals surface area contributed by atoms with Crippen LogP contribution in [-0.2, 0) is 27.0 Å². The predicted molar refractivity (Wildman–Crippen MR) is 123 cm³/mol. The number of hydrogen-bond donors (Lipinski definition) is 0. The van der Waals surface area contributed by atoms with Crippen molar-refractivity contribution in [1.82, 2.24) is 9.55 Å². The zero-order chi connectivity index (χ0) is 24.6. The zero-order valence-electron chi connectivity index (χ0n) is 19.4. The van der Waals surface area contributed by atoms with Crippen molar-refractivity contribution in [2.24, 2.45) is 0 Å². The van der Waals surface area contributed by atoms with Crippen LogP contribution < -0.4 is 4.74 Å². The number of ether oxygens (including phenoxy) is 3. The van der Waals surface area contributed by atoms with Crippen LogP contribution in [0.15, 0.2) is 42.5 Å². The van der Waals surface area contributed by atoms with Crippen molar-refractivity contribution < 1.29 is 32.2 Å². The number of methoxy groups -OCH3 is 2. The molecule has 3 rings (SSSR count). The number of benzene rings is 2. The molecule has 0 radical (unpaired) electrons. The van der Waals surface area contributed by atoms with Crippen LogP contribution in [0.2, 0.25) is 0 Å². The molecule has 0 aliphatic carbocycles. The Balaban J connectivity index is 1.77. The van der Waals surface area contributed by atoms with E-state index in [2.05, 4.69) is 9.72 Å². The van der Waals surface area contributed by atoms with Crippen molar-refractivity contribution in [3.63, 3.8) is 0 Å². The van der Waals surface area contributed by atoms with Crippen molar-refractivity contribution in [2.75, 3.05) is 27.4 Å². The zero-order valence-corrected chi connectivity index (χ0v) is 19.4. The molecule has 3 aromatic rings. The van der Waals surface area contributed by atoms with E-state index in [0.717, 1.165) is 48.8 Å². The van der Waals surface area contributed by atoms with E-state index in [4.69, 9.17) is 9.47 Å². The summed E-state index contributed by atoms with van der Waals surface area (Å²) in [4.78, 5) is 15.8. The maximum Gasteiger partial charge on any atom is 0.416 e. The number of aromatic nitrogens is 2. The van der Waals surface area contributed by atoms with Crippen LogP contribution >= 0.6 is 0 Å². The average molecular weight is 479 g/mol. The van der Waals surface area contributed by atoms with Gasteiger partial charge in [-0.3, -0.25) is 4.79 Å². The number of rotatable bonds is 12. The summed E-state index contributed by atoms with van der Waals surface area (Å²) in [6.45, 7) is 1.65. The van der Waals surface area contributed by atoms with Gasteiger partial charge in [0.2, 0.25) is 0 Å². The molecule has 34 heavy (non-hydrogen) atoms. The van der Waals surface area contributed by atoms with E-state index in [1.807, 2.05) is 22.8 Å². The molecular formula is C25H29F3N2O4. The van der Waals surface area contributed by atoms with Gasteiger partial charge in [-0.1, -0.05) is 12.1 Å². The lowest BCUT2D eigenvalue weighted by molar-refractivity contribution is -0.140. The first-order chi connectivity index (χ1) is 16.3. The molecule has 0 fully saturated rings. The van der Waals surface area contributed by atoms with Gasteiger partial charge in [-0.25, -0.2) is 4.98 Å². The largest absolute Gasteiger partial charge is 0.494 e. The predicted octanol–water partition coefficient (Wildman–Crippen LogP) is 5.87. The molecule has 0 bridgehead atoms. The molecule has 0 unspecified atom stereocenters. The highest BCUT2D eigenvalue weighted by Crippen LogP contribution is 2.32. The maximum atomic E-state index is 13.0. The van der Waals surface area contributed by atoms with Crippen LogP contribution in [0, 0.1) is 0 Å². The molecule has 0 saturated carbocycles. The quantitative estimate of drug-likeness (QED) is 0.241. The number of imidazole rings is 1. The molecular weight excluding hydrogens is 449 g/mol. The number of aryl methyl sites for hydroxylation is 1. The minimum absolute atomic E-state index is 0.211. The monoisotopic (exact) mass is 478 g/mol. The number of nitrogens with zero attached hydrogens (tertiary/aromatic N) is 2. The minimum atomic E-state index is -4.39. The molecule has 0 aliphatic heterocycles. The molecule has 0 amide bonds. The Bertz CT molecular complexity index is 1080. The van der Waals surface area contributed by atoms with Gasteiger partial charge in [-0.05, 0) is 49.9 Å². The fourth-order valence-electron chi connectivity index (χ4n) is 3.65. The number of fused-ring (bicyclic) bond motifs is 1. The molecule has 0 saturated heterocycles. The lowest BCUT2D eigenvalue weighted by Gasteiger charge is -2.11. The fourth-order valence-corrected chi connectivity index (χ4v) is 3.65. The smallest absolute Gasteiger partial charge is 0.416 e. The second-order valence-electron chi connectivity index (χ2n) is 7.89. The van der Waals surface area contributed by atoms with Gasteiger partial charge < -0.3 is 18.8 Å². The molecule has 9 heteroatoms. The van der Waals surface area contributed by atoms with Crippen molar-refractivity contribution >= 4 is 17.0 Å². The summed E-state index contributed by atoms with van der Waals surface area (Å²) in [5.41, 5.74) is 1.49. The lowest BCUT2D eigenvalue weighted by atomic mass is 10.1. The summed E-state index contributed by atoms with van der Waals surface area (Å²) in [5.74, 6) is 1.07. The van der Waals surface area contributed by atoms with Crippen LogP contribution in [0.4, 0.5) is 13.2 Å². The number of unbranched alkanes of at least 4 members (excludes halogenated alkanes) is 2. The van der Waals surface area contributed by atoms with Crippen LogP contribution in [0.1, 0.15) is 37.7 Å². The average Bonchev–Trinajstić information content (AvgIpc) is 3.18. The van der Waals surface area contributed by atoms with Gasteiger partial charge in [0.1, 0.15) is 11.6 Å². The first kappa shape index (κ1) is 25.6. The van der Waals surface area contributed by atoms with E-state index in [1.165, 1.54) is 19.2 Å². The van der Waals surface area contributed by atoms with Gasteiger partial charge in [-0.2, -0.15) is 13.2 Å². The van der Waals surface area contributed by atoms with E-state index in [9.17, 15) is 18.0 Å². The standard InChI is InChI=1S/C25H29F3N2O4/c1-32-15-6-14-30-22-17-20(34-16-5-3-4-7-23(31)33-2)12-13-21(22)29-24(30)18-8-10-19(11-9-18)25(26,27)28/h8-13,17H,3-7,14-16H2,1-2H3. The first-order valence-electron chi connectivity index (χ1n) is 11.2. The van der Waals surface area contributed by atoms with Crippen LogP contribution in [0.5, 0.6) is 5.75 Å². The molecule has 0 atom stereocenters. The third kappa shape index (κ3) is 6.72. The molecule has 0 spiro atoms. The lowest BCUT2D eigenvalue weighted by Crippen LogP contribution is -2.06. The van der Waals surface area contributed by atoms with E-state index in [1.54, 1.807) is 7.11 Å². The Kier molecular flexibility index (Phi) is 8.92. The number of carbonyl (C=O) groups excluding carboxylic acids is 1. The highest BCUT2D eigenvalue weighted by Gasteiger charge is 2.30. The fraction of sp³-hybridized carbons (Fsp3) is 0.440. The topological polar surface area (TPSA) is 62.6 Å². The van der Waals surface area contributed by atoms with Crippen molar-refractivity contribution in [1.29, 1.82) is 0 Å². The molecule has 2 aromatic carbocycles. The molecule has 1 aromatic heterocycles. The third-order valence-electron chi connectivity index (χ3n) is 5.44. The second kappa shape index (κ2) is 11.9. The van der Waals surface area contributed by atoms with Crippen LogP contribution in [0.25, 0.3) is 22.4 Å². The third-order valence-corrected chi connectivity index (χ3v) is 5.44. The number of hydrogen-bond acceptors (Lipinski definition) is 5. The van der Waals surface area contributed by atoms with Gasteiger partial charge in [-0.15, -0.1) is 0 Å². The first-order valence-corrected chi connectivity index (χ1v) is 11.2. The van der Waals surface area contributed by atoms with Crippen molar-refractivity contribution in [3.8, 4) is 17.1 Å². The van der Waals surface area contributed by atoms with E-state index in [0.29, 0.717) is 43.3 Å². The Morgan fingerprint density at radius 1 is 0.971 bits per heavy atom. The maximum absolute atomic E-state index is 13.0. The highest BCUT2D eigenvalue weighted by molar-refractivity contribution is 5.82. The molecule has 0 aliphatic rings. The Hall–Kier alpha value is -3.07. The summed E-state index contributed by atoms with van der Waals surface area (Å²) < 4.78 is 56.6. The van der Waals surface area contributed by atoms with Gasteiger partial charge in [0.05, 0.1) is 30.3 Å². The molecule has 1 heterocycles. The normalized spacial score (nSPS) is 11.7. The Morgan fingerprint density at radius 2 is 1.74 bits per heavy atom. The molecule has 184 valence electrons. The summed E-state index contributed by atoms with van der Waals surface area (Å²) in [7, 11) is 3.00. The SMILES string of the molecule is COCCCn1c(-c2ccc(C(F)(F)F)cc2)nc2ccc(OCCCCCC(=O)OC)cc21. The van der Waals surface area contributed by atoms with Crippen LogP contribution in [-0.4, -0.2) is 43.0 Å². The van der Waals surface area contributed by atoms with E-state index in [-0.39, 0.29) is 5.97 Å². The summed E-state index contributed by atoms with van der Waals surface area (Å²) in [6.07, 6.45) is -0.861. The Morgan fingerprint density at radius 3 is 2.41 bits per heavy atom. The number of halogens is 3. The van der Waals surface area contributed by atoms with Crippen molar-refractivity contribution in [3.05, 3.63) is 48.0 Å². The van der Waals surface area contributed by atoms with Gasteiger partial charge in [0, 0.05) is 38.3 Å². The van der Waals surface area contributed by atoms with E-state index >= 15 is 0 Å². The summed E-state index contributed by atoms with van der Waals surface area (Å²) in [6, 6.07) is 10.6. The van der Waals surface area contributed by atoms with Crippen molar-refractivity contribution in [2.45, 2.75) is 44.8 Å². The second-order valence-corrected chi connectivity index (χ2v) is 7.89. The highest BCUT2D eigenvalue weighted by atomic mass is 19.4. The Labute approximate surface area is 196 Å². The number of esters is 1. The molecule has 0 N–H and O–H groups in total. The van der Waals surface area contributed by atoms with Gasteiger partial charge >= 0.3 is 12.1 Å². The summed E-state index contributed by atoms with van der Waals surface area (Å²) >= 11 is 0. The minimum Gasteiger partial charge on any atom is -0.494 e. The number of carbonyl (C=O) groups is 1. The summed E-state index contributed by atoms with van der Waals surface area (Å²) in [5, 5.41) is 0.